The SMILES string of the molecule is O=C1/C(=C/c2cccc([N+](=O)[O-])c2)C[C@@]2(O)[C@H]3Cc4ccc(O)c5c4[C@@]2(CCN3CC2CC2)[C@H]1O5. The standard InChI is InChI=1S/C27H26N2O6/c30-20-7-6-17-12-21-27(32)13-18(10-16-2-1-3-19(11-16)29(33)34)23(31)25-26(27,22(17)24(20)35-25)8-9-28(21)14-15-4-5-15/h1-3,6-7,10-11,15,21,25,30,32H,4-5,8-9,12-14H2/b18-10+/t21-,25+,26+,27-/m1/s1. The van der Waals surface area contributed by atoms with Gasteiger partial charge in [0.05, 0.1) is 15.9 Å². The third kappa shape index (κ3) is 2.72. The summed E-state index contributed by atoms with van der Waals surface area (Å²) in [5.41, 5.74) is 0.569. The number of phenols is 1. The van der Waals surface area contributed by atoms with Crippen molar-refractivity contribution in [3.05, 3.63) is 68.8 Å². The van der Waals surface area contributed by atoms with Gasteiger partial charge in [0.25, 0.3) is 5.69 Å². The van der Waals surface area contributed by atoms with Crippen LogP contribution in [0.2, 0.25) is 0 Å². The van der Waals surface area contributed by atoms with Crippen LogP contribution in [0.4, 0.5) is 5.69 Å². The van der Waals surface area contributed by atoms with Gasteiger partial charge in [0.15, 0.2) is 23.4 Å². The molecule has 3 fully saturated rings. The zero-order valence-electron chi connectivity index (χ0n) is 19.1. The second-order valence-corrected chi connectivity index (χ2v) is 10.8. The van der Waals surface area contributed by atoms with Gasteiger partial charge in [0.1, 0.15) is 0 Å². The second-order valence-electron chi connectivity index (χ2n) is 10.8. The smallest absolute Gasteiger partial charge is 0.270 e. The molecule has 35 heavy (non-hydrogen) atoms. The fraction of sp³-hybridized carbons (Fsp3) is 0.444. The number of carbonyl (C=O) groups is 1. The third-order valence-electron chi connectivity index (χ3n) is 8.95. The Balaban J connectivity index is 1.39. The first kappa shape index (κ1) is 21.1. The molecule has 2 aromatic rings. The van der Waals surface area contributed by atoms with Gasteiger partial charge in [-0.3, -0.25) is 19.8 Å². The van der Waals surface area contributed by atoms with Gasteiger partial charge < -0.3 is 14.9 Å². The average Bonchev–Trinajstić information content (AvgIpc) is 3.57. The minimum absolute atomic E-state index is 0.00857. The van der Waals surface area contributed by atoms with Crippen molar-refractivity contribution >= 4 is 17.5 Å². The molecule has 0 amide bonds. The van der Waals surface area contributed by atoms with Gasteiger partial charge >= 0.3 is 0 Å². The molecule has 180 valence electrons. The second kappa shape index (κ2) is 6.92. The van der Waals surface area contributed by atoms with E-state index in [-0.39, 0.29) is 29.7 Å². The molecule has 2 N–H and O–H groups in total. The highest BCUT2D eigenvalue weighted by Gasteiger charge is 2.74. The predicted octanol–water partition coefficient (Wildman–Crippen LogP) is 3.13. The van der Waals surface area contributed by atoms with Crippen LogP contribution < -0.4 is 4.74 Å². The molecule has 0 radical (unpaired) electrons. The number of piperidine rings is 1. The topological polar surface area (TPSA) is 113 Å². The van der Waals surface area contributed by atoms with Crippen LogP contribution in [-0.4, -0.2) is 56.7 Å². The summed E-state index contributed by atoms with van der Waals surface area (Å²) in [6, 6.07) is 9.52. The van der Waals surface area contributed by atoms with E-state index >= 15 is 0 Å². The van der Waals surface area contributed by atoms with Gasteiger partial charge in [0.2, 0.25) is 0 Å². The summed E-state index contributed by atoms with van der Waals surface area (Å²) in [4.78, 5) is 27.1. The lowest BCUT2D eigenvalue weighted by atomic mass is 9.48. The quantitative estimate of drug-likeness (QED) is 0.398. The Morgan fingerprint density at radius 1 is 1.26 bits per heavy atom. The number of rotatable bonds is 4. The maximum atomic E-state index is 13.9. The van der Waals surface area contributed by atoms with E-state index in [1.807, 2.05) is 6.07 Å². The summed E-state index contributed by atoms with van der Waals surface area (Å²) in [6.45, 7) is 1.71. The number of hydrogen-bond acceptors (Lipinski definition) is 7. The molecule has 2 saturated carbocycles. The van der Waals surface area contributed by atoms with E-state index in [0.717, 1.165) is 24.2 Å². The van der Waals surface area contributed by atoms with Gasteiger partial charge in [-0.1, -0.05) is 18.2 Å². The number of ketones is 1. The lowest BCUT2D eigenvalue weighted by molar-refractivity contribution is -0.384. The number of carbonyl (C=O) groups excluding carboxylic acids is 1. The van der Waals surface area contributed by atoms with Crippen molar-refractivity contribution in [2.24, 2.45) is 5.92 Å². The first-order valence-electron chi connectivity index (χ1n) is 12.3. The molecule has 7 rings (SSSR count). The summed E-state index contributed by atoms with van der Waals surface area (Å²) in [7, 11) is 0. The molecule has 0 aromatic heterocycles. The molecule has 2 aliphatic heterocycles. The number of nitro groups is 1. The summed E-state index contributed by atoms with van der Waals surface area (Å²) in [6.07, 6.45) is 4.50. The molecule has 1 saturated heterocycles. The fourth-order valence-corrected chi connectivity index (χ4v) is 7.24. The zero-order chi connectivity index (χ0) is 24.1. The number of nitrogens with zero attached hydrogens (tertiary/aromatic N) is 2. The molecule has 3 aliphatic carbocycles. The molecule has 2 bridgehead atoms. The maximum Gasteiger partial charge on any atom is 0.270 e. The monoisotopic (exact) mass is 474 g/mol. The van der Waals surface area contributed by atoms with Crippen molar-refractivity contribution in [2.75, 3.05) is 13.1 Å². The van der Waals surface area contributed by atoms with Crippen LogP contribution in [0.3, 0.4) is 0 Å². The predicted molar refractivity (Wildman–Crippen MR) is 126 cm³/mol. The Kier molecular flexibility index (Phi) is 4.17. The first-order chi connectivity index (χ1) is 16.8. The Morgan fingerprint density at radius 3 is 2.86 bits per heavy atom. The van der Waals surface area contributed by atoms with Crippen molar-refractivity contribution in [1.82, 2.24) is 4.90 Å². The van der Waals surface area contributed by atoms with Crippen molar-refractivity contribution in [3.8, 4) is 11.5 Å². The summed E-state index contributed by atoms with van der Waals surface area (Å²) < 4.78 is 6.22. The molecule has 0 unspecified atom stereocenters. The van der Waals surface area contributed by atoms with Gasteiger partial charge in [0, 0.05) is 42.3 Å². The van der Waals surface area contributed by atoms with Gasteiger partial charge in [-0.15, -0.1) is 0 Å². The Bertz CT molecular complexity index is 1330. The van der Waals surface area contributed by atoms with E-state index in [0.29, 0.717) is 35.6 Å². The third-order valence-corrected chi connectivity index (χ3v) is 8.95. The van der Waals surface area contributed by atoms with Crippen molar-refractivity contribution in [1.29, 1.82) is 0 Å². The van der Waals surface area contributed by atoms with Gasteiger partial charge in [-0.25, -0.2) is 0 Å². The van der Waals surface area contributed by atoms with E-state index in [4.69, 9.17) is 4.74 Å². The number of benzene rings is 2. The summed E-state index contributed by atoms with van der Waals surface area (Å²) >= 11 is 0. The number of aromatic hydroxyl groups is 1. The van der Waals surface area contributed by atoms with Gasteiger partial charge in [-0.05, 0) is 61.4 Å². The largest absolute Gasteiger partial charge is 0.504 e. The lowest BCUT2D eigenvalue weighted by Crippen LogP contribution is -2.77. The minimum atomic E-state index is -1.25. The maximum absolute atomic E-state index is 13.9. The van der Waals surface area contributed by atoms with E-state index in [1.54, 1.807) is 24.3 Å². The zero-order valence-corrected chi connectivity index (χ0v) is 19.1. The number of aliphatic hydroxyl groups is 1. The van der Waals surface area contributed by atoms with Crippen LogP contribution in [0, 0.1) is 16.0 Å². The van der Waals surface area contributed by atoms with Crippen molar-refractivity contribution in [3.63, 3.8) is 0 Å². The molecule has 2 heterocycles. The number of Topliss-reactive ketones (excluding diaryl/α,β-unsaturated/α-hetero) is 1. The average molecular weight is 475 g/mol. The number of nitro benzene ring substituents is 1. The Hall–Kier alpha value is -3.23. The lowest BCUT2D eigenvalue weighted by Gasteiger charge is -2.62. The van der Waals surface area contributed by atoms with Crippen molar-refractivity contribution in [2.45, 2.75) is 55.3 Å². The first-order valence-corrected chi connectivity index (χ1v) is 12.3. The van der Waals surface area contributed by atoms with E-state index in [2.05, 4.69) is 4.90 Å². The number of phenolic OH excluding ortho intramolecular Hbond substituents is 1. The van der Waals surface area contributed by atoms with E-state index in [9.17, 15) is 25.1 Å². The number of ether oxygens (including phenoxy) is 1. The Labute approximate surface area is 202 Å². The minimum Gasteiger partial charge on any atom is -0.504 e. The van der Waals surface area contributed by atoms with Crippen LogP contribution in [0.1, 0.15) is 42.4 Å². The molecular formula is C27H26N2O6. The van der Waals surface area contributed by atoms with E-state index in [1.165, 1.54) is 25.0 Å². The van der Waals surface area contributed by atoms with Crippen LogP contribution in [0.5, 0.6) is 11.5 Å². The summed E-state index contributed by atoms with van der Waals surface area (Å²) in [5.74, 6) is 0.750. The molecule has 5 aliphatic rings. The molecule has 8 nitrogen and oxygen atoms in total. The molecule has 8 heteroatoms. The number of non-ortho nitro benzene ring substituents is 1. The van der Waals surface area contributed by atoms with E-state index < -0.39 is 22.0 Å². The number of likely N-dealkylation sites (tertiary alicyclic amines) is 1. The highest BCUT2D eigenvalue weighted by molar-refractivity contribution is 6.06. The highest BCUT2D eigenvalue weighted by Crippen LogP contribution is 2.65. The molecule has 1 spiro atoms. The fourth-order valence-electron chi connectivity index (χ4n) is 7.24. The molecular weight excluding hydrogens is 448 g/mol. The van der Waals surface area contributed by atoms with Crippen LogP contribution in [0.25, 0.3) is 6.08 Å². The number of hydrogen-bond donors (Lipinski definition) is 2. The molecule has 2 aromatic carbocycles. The van der Waals surface area contributed by atoms with Crippen LogP contribution in [0.15, 0.2) is 42.0 Å². The van der Waals surface area contributed by atoms with Crippen LogP contribution >= 0.6 is 0 Å². The van der Waals surface area contributed by atoms with Crippen LogP contribution in [-0.2, 0) is 16.6 Å². The Morgan fingerprint density at radius 2 is 2.09 bits per heavy atom. The molecule has 4 atom stereocenters. The highest BCUT2D eigenvalue weighted by atomic mass is 16.6. The van der Waals surface area contributed by atoms with Gasteiger partial charge in [-0.2, -0.15) is 0 Å². The summed E-state index contributed by atoms with van der Waals surface area (Å²) in [5, 5.41) is 34.5. The van der Waals surface area contributed by atoms with Crippen molar-refractivity contribution < 1.29 is 24.7 Å². The normalized spacial score (nSPS) is 34.0.